The third-order valence-electron chi connectivity index (χ3n) is 3.64. The van der Waals surface area contributed by atoms with E-state index in [0.29, 0.717) is 6.04 Å². The van der Waals surface area contributed by atoms with E-state index in [2.05, 4.69) is 18.9 Å². The minimum atomic E-state index is 0.623. The van der Waals surface area contributed by atoms with E-state index in [-0.39, 0.29) is 0 Å². The van der Waals surface area contributed by atoms with E-state index in [0.717, 1.165) is 12.6 Å². The van der Waals surface area contributed by atoms with Gasteiger partial charge >= 0.3 is 0 Å². The van der Waals surface area contributed by atoms with Gasteiger partial charge in [0, 0.05) is 18.6 Å². The van der Waals surface area contributed by atoms with Crippen molar-refractivity contribution in [1.82, 2.24) is 4.90 Å². The third kappa shape index (κ3) is 3.25. The molecule has 0 aromatic heterocycles. The zero-order chi connectivity index (χ0) is 10.4. The second kappa shape index (κ2) is 6.41. The molecule has 1 saturated carbocycles. The van der Waals surface area contributed by atoms with E-state index >= 15 is 0 Å². The Balaban J connectivity index is 2.33. The lowest BCUT2D eigenvalue weighted by atomic mass is 10.1. The summed E-state index contributed by atoms with van der Waals surface area (Å²) < 4.78 is 0. The van der Waals surface area contributed by atoms with Crippen molar-refractivity contribution in [3.63, 3.8) is 0 Å². The highest BCUT2D eigenvalue weighted by molar-refractivity contribution is 4.80. The maximum Gasteiger partial charge on any atom is 0.0218 e. The number of nitrogens with two attached hydrogens (primary N) is 1. The highest BCUT2D eigenvalue weighted by atomic mass is 15.2. The van der Waals surface area contributed by atoms with E-state index in [9.17, 15) is 0 Å². The van der Waals surface area contributed by atoms with Crippen LogP contribution in [0.5, 0.6) is 0 Å². The first-order valence-corrected chi connectivity index (χ1v) is 6.21. The molecule has 2 nitrogen and oxygen atoms in total. The first-order chi connectivity index (χ1) is 6.79. The molecule has 0 aromatic carbocycles. The van der Waals surface area contributed by atoms with Crippen molar-refractivity contribution in [3.8, 4) is 0 Å². The van der Waals surface area contributed by atoms with Crippen LogP contribution in [0.25, 0.3) is 0 Å². The van der Waals surface area contributed by atoms with Crippen molar-refractivity contribution < 1.29 is 0 Å². The van der Waals surface area contributed by atoms with Gasteiger partial charge in [-0.1, -0.05) is 32.6 Å². The molecule has 0 saturated heterocycles. The largest absolute Gasteiger partial charge is 0.329 e. The second-order valence-corrected chi connectivity index (χ2v) is 4.64. The molecular formula is C12H26N2. The summed E-state index contributed by atoms with van der Waals surface area (Å²) in [5.41, 5.74) is 5.84. The van der Waals surface area contributed by atoms with Crippen LogP contribution < -0.4 is 5.73 Å². The van der Waals surface area contributed by atoms with Gasteiger partial charge in [-0.2, -0.15) is 0 Å². The third-order valence-corrected chi connectivity index (χ3v) is 3.64. The molecule has 1 unspecified atom stereocenters. The van der Waals surface area contributed by atoms with E-state index in [1.807, 2.05) is 0 Å². The molecule has 0 aromatic rings. The standard InChI is InChI=1S/C12H26N2/c1-3-4-7-12(10-13)14(2)11-8-5-6-9-11/h11-12H,3-10,13H2,1-2H3. The number of unbranched alkanes of at least 4 members (excludes halogenated alkanes) is 1. The molecule has 0 amide bonds. The molecule has 2 N–H and O–H groups in total. The summed E-state index contributed by atoms with van der Waals surface area (Å²) in [6, 6.07) is 1.44. The van der Waals surface area contributed by atoms with Crippen molar-refractivity contribution in [2.45, 2.75) is 64.0 Å². The summed E-state index contributed by atoms with van der Waals surface area (Å²) in [5, 5.41) is 0. The summed E-state index contributed by atoms with van der Waals surface area (Å²) in [5.74, 6) is 0. The predicted molar refractivity (Wildman–Crippen MR) is 62.4 cm³/mol. The monoisotopic (exact) mass is 198 g/mol. The Hall–Kier alpha value is -0.0800. The molecule has 0 heterocycles. The maximum absolute atomic E-state index is 5.84. The molecule has 0 bridgehead atoms. The minimum absolute atomic E-state index is 0.623. The van der Waals surface area contributed by atoms with Crippen LogP contribution in [0.3, 0.4) is 0 Å². The first kappa shape index (κ1) is 12.0. The van der Waals surface area contributed by atoms with Crippen LogP contribution in [0.1, 0.15) is 51.9 Å². The van der Waals surface area contributed by atoms with Gasteiger partial charge in [0.15, 0.2) is 0 Å². The van der Waals surface area contributed by atoms with Crippen LogP contribution in [0, 0.1) is 0 Å². The van der Waals surface area contributed by atoms with Crippen LogP contribution >= 0.6 is 0 Å². The molecule has 0 radical (unpaired) electrons. The van der Waals surface area contributed by atoms with Gasteiger partial charge in [0.1, 0.15) is 0 Å². The summed E-state index contributed by atoms with van der Waals surface area (Å²) in [4.78, 5) is 2.54. The van der Waals surface area contributed by atoms with Gasteiger partial charge in [0.2, 0.25) is 0 Å². The van der Waals surface area contributed by atoms with Crippen molar-refractivity contribution in [2.75, 3.05) is 13.6 Å². The van der Waals surface area contributed by atoms with Crippen molar-refractivity contribution >= 4 is 0 Å². The quantitative estimate of drug-likeness (QED) is 0.710. The number of hydrogen-bond donors (Lipinski definition) is 1. The van der Waals surface area contributed by atoms with Crippen molar-refractivity contribution in [3.05, 3.63) is 0 Å². The zero-order valence-electron chi connectivity index (χ0n) is 9.84. The Bertz CT molecular complexity index is 141. The summed E-state index contributed by atoms with van der Waals surface area (Å²) in [7, 11) is 2.27. The summed E-state index contributed by atoms with van der Waals surface area (Å²) in [6.07, 6.45) is 9.49. The van der Waals surface area contributed by atoms with Crippen molar-refractivity contribution in [2.24, 2.45) is 5.73 Å². The second-order valence-electron chi connectivity index (χ2n) is 4.64. The molecule has 14 heavy (non-hydrogen) atoms. The molecule has 1 aliphatic carbocycles. The summed E-state index contributed by atoms with van der Waals surface area (Å²) in [6.45, 7) is 3.08. The fourth-order valence-electron chi connectivity index (χ4n) is 2.54. The fraction of sp³-hybridized carbons (Fsp3) is 1.00. The highest BCUT2D eigenvalue weighted by Crippen LogP contribution is 2.24. The Morgan fingerprint density at radius 2 is 2.00 bits per heavy atom. The molecule has 0 aliphatic heterocycles. The Morgan fingerprint density at radius 1 is 1.36 bits per heavy atom. The number of nitrogens with zero attached hydrogens (tertiary/aromatic N) is 1. The van der Waals surface area contributed by atoms with Crippen LogP contribution in [0.15, 0.2) is 0 Å². The fourth-order valence-corrected chi connectivity index (χ4v) is 2.54. The van der Waals surface area contributed by atoms with E-state index < -0.39 is 0 Å². The number of likely N-dealkylation sites (N-methyl/N-ethyl adjacent to an activating group) is 1. The van der Waals surface area contributed by atoms with Gasteiger partial charge in [-0.15, -0.1) is 0 Å². The first-order valence-electron chi connectivity index (χ1n) is 6.21. The molecule has 1 fully saturated rings. The predicted octanol–water partition coefficient (Wildman–Crippen LogP) is 2.38. The molecule has 1 aliphatic rings. The minimum Gasteiger partial charge on any atom is -0.329 e. The molecule has 84 valence electrons. The van der Waals surface area contributed by atoms with Gasteiger partial charge in [-0.25, -0.2) is 0 Å². The lowest BCUT2D eigenvalue weighted by Crippen LogP contribution is -2.43. The van der Waals surface area contributed by atoms with Crippen LogP contribution in [0.2, 0.25) is 0 Å². The topological polar surface area (TPSA) is 29.3 Å². The van der Waals surface area contributed by atoms with Gasteiger partial charge in [-0.3, -0.25) is 4.90 Å². The van der Waals surface area contributed by atoms with Crippen LogP contribution in [0.4, 0.5) is 0 Å². The molecule has 1 atom stereocenters. The van der Waals surface area contributed by atoms with Gasteiger partial charge in [-0.05, 0) is 26.3 Å². The van der Waals surface area contributed by atoms with E-state index in [1.54, 1.807) is 0 Å². The Labute approximate surface area is 88.8 Å². The lowest BCUT2D eigenvalue weighted by Gasteiger charge is -2.32. The zero-order valence-corrected chi connectivity index (χ0v) is 9.84. The van der Waals surface area contributed by atoms with Gasteiger partial charge in [0.05, 0.1) is 0 Å². The average molecular weight is 198 g/mol. The Morgan fingerprint density at radius 3 is 2.50 bits per heavy atom. The SMILES string of the molecule is CCCCC(CN)N(C)C1CCCC1. The molecular weight excluding hydrogens is 172 g/mol. The van der Waals surface area contributed by atoms with Gasteiger partial charge < -0.3 is 5.73 Å². The Kier molecular flexibility index (Phi) is 5.49. The number of hydrogen-bond acceptors (Lipinski definition) is 2. The van der Waals surface area contributed by atoms with Gasteiger partial charge in [0.25, 0.3) is 0 Å². The molecule has 0 spiro atoms. The van der Waals surface area contributed by atoms with Crippen molar-refractivity contribution in [1.29, 1.82) is 0 Å². The van der Waals surface area contributed by atoms with Crippen LogP contribution in [-0.4, -0.2) is 30.6 Å². The van der Waals surface area contributed by atoms with Crippen LogP contribution in [-0.2, 0) is 0 Å². The average Bonchev–Trinajstić information content (AvgIpc) is 2.71. The molecule has 2 heteroatoms. The van der Waals surface area contributed by atoms with E-state index in [4.69, 9.17) is 5.73 Å². The summed E-state index contributed by atoms with van der Waals surface area (Å²) >= 11 is 0. The highest BCUT2D eigenvalue weighted by Gasteiger charge is 2.24. The van der Waals surface area contributed by atoms with E-state index in [1.165, 1.54) is 44.9 Å². The maximum atomic E-state index is 5.84. The normalized spacial score (nSPS) is 20.6. The molecule has 1 rings (SSSR count). The number of rotatable bonds is 6. The smallest absolute Gasteiger partial charge is 0.0218 e. The lowest BCUT2D eigenvalue weighted by molar-refractivity contribution is 0.168.